The summed E-state index contributed by atoms with van der Waals surface area (Å²) in [5.74, 6) is 0.442. The van der Waals surface area contributed by atoms with Gasteiger partial charge in [0.15, 0.2) is 0 Å². The molecule has 0 bridgehead atoms. The zero-order valence-corrected chi connectivity index (χ0v) is 13.6. The van der Waals surface area contributed by atoms with Crippen molar-refractivity contribution in [2.75, 3.05) is 18.1 Å². The summed E-state index contributed by atoms with van der Waals surface area (Å²) in [6.45, 7) is 1.13. The van der Waals surface area contributed by atoms with Crippen molar-refractivity contribution >= 4 is 23.5 Å². The molecule has 1 amide bonds. The molecule has 6 nitrogen and oxygen atoms in total. The molecular weight excluding hydrogens is 330 g/mol. The number of rotatable bonds is 2. The van der Waals surface area contributed by atoms with E-state index in [-0.39, 0.29) is 11.3 Å². The normalized spacial score (nSPS) is 22.6. The number of hydrogen-bond donors (Lipinski definition) is 0. The third-order valence-corrected chi connectivity index (χ3v) is 4.74. The Kier molecular flexibility index (Phi) is 3.86. The van der Waals surface area contributed by atoms with Crippen LogP contribution < -0.4 is 4.90 Å². The molecule has 0 saturated carbocycles. The van der Waals surface area contributed by atoms with Crippen molar-refractivity contribution in [3.05, 3.63) is 53.4 Å². The van der Waals surface area contributed by atoms with Crippen molar-refractivity contribution in [1.29, 1.82) is 0 Å². The Hall–Kier alpha value is -2.18. The van der Waals surface area contributed by atoms with Gasteiger partial charge in [-0.25, -0.2) is 19.7 Å². The molecule has 3 heterocycles. The van der Waals surface area contributed by atoms with Crippen molar-refractivity contribution in [3.8, 4) is 0 Å². The van der Waals surface area contributed by atoms with Crippen LogP contribution in [0.25, 0.3) is 0 Å². The topological polar surface area (TPSA) is 64.6 Å². The molecule has 2 saturated heterocycles. The first kappa shape index (κ1) is 15.4. The maximum atomic E-state index is 12.7. The number of aromatic nitrogens is 2. The maximum absolute atomic E-state index is 12.7. The predicted octanol–water partition coefficient (Wildman–Crippen LogP) is 3.38. The Morgan fingerprint density at radius 3 is 2.62 bits per heavy atom. The van der Waals surface area contributed by atoms with Gasteiger partial charge in [-0.2, -0.15) is 0 Å². The van der Waals surface area contributed by atoms with Gasteiger partial charge in [0.2, 0.25) is 5.28 Å². The molecule has 1 aromatic heterocycles. The van der Waals surface area contributed by atoms with Crippen molar-refractivity contribution in [3.63, 3.8) is 0 Å². The van der Waals surface area contributed by atoms with E-state index in [0.717, 1.165) is 5.56 Å². The monoisotopic (exact) mass is 345 g/mol. The first-order valence-corrected chi connectivity index (χ1v) is 8.21. The number of nitrogens with zero attached hydrogens (tertiary/aromatic N) is 3. The number of halogens is 1. The van der Waals surface area contributed by atoms with E-state index >= 15 is 0 Å². The summed E-state index contributed by atoms with van der Waals surface area (Å²) in [4.78, 5) is 22.4. The third-order valence-electron chi connectivity index (χ3n) is 4.56. The minimum atomic E-state index is -0.617. The maximum Gasteiger partial charge on any atom is 0.416 e. The molecule has 2 aliphatic heterocycles. The van der Waals surface area contributed by atoms with Crippen LogP contribution in [0.1, 0.15) is 24.4 Å². The summed E-state index contributed by atoms with van der Waals surface area (Å²) in [5.41, 5.74) is 0.383. The molecule has 2 aromatic rings. The molecule has 2 fully saturated rings. The largest absolute Gasteiger partial charge is 0.440 e. The molecule has 1 unspecified atom stereocenters. The van der Waals surface area contributed by atoms with Gasteiger partial charge in [0, 0.05) is 19.0 Å². The highest BCUT2D eigenvalue weighted by Crippen LogP contribution is 2.48. The molecule has 0 aliphatic carbocycles. The first-order valence-electron chi connectivity index (χ1n) is 7.83. The number of benzene rings is 1. The highest BCUT2D eigenvalue weighted by Gasteiger charge is 2.56. The summed E-state index contributed by atoms with van der Waals surface area (Å²) in [6, 6.07) is 11.2. The Labute approximate surface area is 144 Å². The molecular formula is C17H16ClN3O3. The van der Waals surface area contributed by atoms with Crippen LogP contribution >= 0.6 is 11.6 Å². The van der Waals surface area contributed by atoms with E-state index in [1.54, 1.807) is 11.0 Å². The molecule has 1 aromatic carbocycles. The van der Waals surface area contributed by atoms with Crippen molar-refractivity contribution in [2.45, 2.75) is 24.5 Å². The summed E-state index contributed by atoms with van der Waals surface area (Å²) >= 11 is 5.92. The molecule has 1 spiro atoms. The Balaban J connectivity index is 1.83. The number of amides is 1. The number of ether oxygens (including phenoxy) is 2. The molecule has 4 rings (SSSR count). The van der Waals surface area contributed by atoms with E-state index in [4.69, 9.17) is 21.1 Å². The number of carbonyl (C=O) groups excluding carboxylic acids is 1. The van der Waals surface area contributed by atoms with E-state index in [1.807, 2.05) is 30.3 Å². The van der Waals surface area contributed by atoms with Gasteiger partial charge >= 0.3 is 6.09 Å². The Morgan fingerprint density at radius 2 is 1.92 bits per heavy atom. The number of hydrogen-bond acceptors (Lipinski definition) is 5. The standard InChI is InChI=1S/C17H16ClN3O3/c18-15-19-9-6-13(20-15)21-14(12-4-2-1-3-5-12)17(24-16(21)22)7-10-23-11-8-17/h1-6,9,14H,7-8,10-11H2. The third kappa shape index (κ3) is 2.52. The molecule has 1 atom stereocenters. The van der Waals surface area contributed by atoms with Crippen molar-refractivity contribution < 1.29 is 14.3 Å². The highest BCUT2D eigenvalue weighted by molar-refractivity contribution is 6.28. The first-order chi connectivity index (χ1) is 11.7. The highest BCUT2D eigenvalue weighted by atomic mass is 35.5. The average molecular weight is 346 g/mol. The van der Waals surface area contributed by atoms with E-state index < -0.39 is 11.7 Å². The Bertz CT molecular complexity index is 750. The average Bonchev–Trinajstić information content (AvgIpc) is 2.88. The van der Waals surface area contributed by atoms with Crippen LogP contribution in [0, 0.1) is 0 Å². The van der Waals surface area contributed by atoms with Gasteiger partial charge in [-0.15, -0.1) is 0 Å². The van der Waals surface area contributed by atoms with Gasteiger partial charge in [0.25, 0.3) is 0 Å². The van der Waals surface area contributed by atoms with E-state index in [0.29, 0.717) is 31.9 Å². The predicted molar refractivity (Wildman–Crippen MR) is 88.0 cm³/mol. The van der Waals surface area contributed by atoms with Crippen LogP contribution in [0.3, 0.4) is 0 Å². The molecule has 0 radical (unpaired) electrons. The Morgan fingerprint density at radius 1 is 1.17 bits per heavy atom. The second kappa shape index (κ2) is 6.03. The minimum absolute atomic E-state index is 0.0973. The van der Waals surface area contributed by atoms with Crippen LogP contribution in [-0.4, -0.2) is 34.9 Å². The van der Waals surface area contributed by atoms with E-state index in [2.05, 4.69) is 9.97 Å². The van der Waals surface area contributed by atoms with Crippen LogP contribution in [-0.2, 0) is 9.47 Å². The summed E-state index contributed by atoms with van der Waals surface area (Å²) in [7, 11) is 0. The fourth-order valence-electron chi connectivity index (χ4n) is 3.49. The quantitative estimate of drug-likeness (QED) is 0.781. The smallest absolute Gasteiger partial charge is 0.416 e. The molecule has 7 heteroatoms. The van der Waals surface area contributed by atoms with Crippen LogP contribution in [0.2, 0.25) is 5.28 Å². The van der Waals surface area contributed by atoms with Gasteiger partial charge in [-0.05, 0) is 23.2 Å². The summed E-state index contributed by atoms with van der Waals surface area (Å²) in [5, 5.41) is 0.0973. The summed E-state index contributed by atoms with van der Waals surface area (Å²) in [6.07, 6.45) is 2.41. The van der Waals surface area contributed by atoms with E-state index in [1.165, 1.54) is 6.20 Å². The lowest BCUT2D eigenvalue weighted by Crippen LogP contribution is -2.43. The van der Waals surface area contributed by atoms with E-state index in [9.17, 15) is 4.79 Å². The molecule has 2 aliphatic rings. The lowest BCUT2D eigenvalue weighted by Gasteiger charge is -2.37. The lowest BCUT2D eigenvalue weighted by atomic mass is 9.82. The fourth-order valence-corrected chi connectivity index (χ4v) is 3.63. The summed E-state index contributed by atoms with van der Waals surface area (Å²) < 4.78 is 11.3. The van der Waals surface area contributed by atoms with Crippen LogP contribution in [0.15, 0.2) is 42.6 Å². The lowest BCUT2D eigenvalue weighted by molar-refractivity contribution is -0.0590. The fraction of sp³-hybridized carbons (Fsp3) is 0.353. The molecule has 124 valence electrons. The van der Waals surface area contributed by atoms with Crippen LogP contribution in [0.4, 0.5) is 10.6 Å². The zero-order chi connectivity index (χ0) is 16.6. The van der Waals surface area contributed by atoms with Gasteiger partial charge in [-0.3, -0.25) is 0 Å². The number of carbonyl (C=O) groups is 1. The molecule has 24 heavy (non-hydrogen) atoms. The SMILES string of the molecule is O=C1OC2(CCOCC2)C(c2ccccc2)N1c1ccnc(Cl)n1. The molecule has 0 N–H and O–H groups in total. The van der Waals surface area contributed by atoms with Gasteiger partial charge < -0.3 is 9.47 Å². The zero-order valence-electron chi connectivity index (χ0n) is 12.9. The van der Waals surface area contributed by atoms with Gasteiger partial charge in [0.05, 0.1) is 13.2 Å². The van der Waals surface area contributed by atoms with Crippen molar-refractivity contribution in [1.82, 2.24) is 9.97 Å². The number of anilines is 1. The second-order valence-corrected chi connectivity index (χ2v) is 6.25. The minimum Gasteiger partial charge on any atom is -0.440 e. The van der Waals surface area contributed by atoms with Gasteiger partial charge in [-0.1, -0.05) is 30.3 Å². The van der Waals surface area contributed by atoms with Crippen molar-refractivity contribution in [2.24, 2.45) is 0 Å². The second-order valence-electron chi connectivity index (χ2n) is 5.91. The van der Waals surface area contributed by atoms with Crippen LogP contribution in [0.5, 0.6) is 0 Å². The van der Waals surface area contributed by atoms with Gasteiger partial charge in [0.1, 0.15) is 17.5 Å².